The maximum Gasteiger partial charge on any atom is 0.204 e. The van der Waals surface area contributed by atoms with Crippen LogP contribution in [0.4, 0.5) is 5.69 Å². The molecular weight excluding hydrogens is 394 g/mol. The Balaban J connectivity index is 2.42. The normalized spacial score (nSPS) is 11.1. The maximum atomic E-state index is 12.9. The minimum atomic E-state index is -0.355. The molecule has 0 bridgehead atoms. The summed E-state index contributed by atoms with van der Waals surface area (Å²) >= 11 is 6.35. The summed E-state index contributed by atoms with van der Waals surface area (Å²) in [5.41, 5.74) is 2.01. The van der Waals surface area contributed by atoms with E-state index in [1.54, 1.807) is 18.2 Å². The molecule has 6 nitrogen and oxygen atoms in total. The highest BCUT2D eigenvalue weighted by molar-refractivity contribution is 6.47. The smallest absolute Gasteiger partial charge is 0.204 e. The number of methoxy groups -OCH3 is 3. The standard InChI is InChI=1S/C22H26ClNO5/c1-7-29-18-9-8-14(11-17(18)24(2)3)10-16(23)21(25)15-12-19(26-4)22(28-6)20(13-15)27-5/h8-13H,7H2,1-6H3. The van der Waals surface area contributed by atoms with Crippen molar-refractivity contribution in [3.05, 3.63) is 46.5 Å². The van der Waals surface area contributed by atoms with E-state index in [1.807, 2.05) is 44.1 Å². The minimum Gasteiger partial charge on any atom is -0.493 e. The van der Waals surface area contributed by atoms with Gasteiger partial charge in [0.1, 0.15) is 5.75 Å². The quantitative estimate of drug-likeness (QED) is 0.436. The Bertz CT molecular complexity index is 883. The van der Waals surface area contributed by atoms with E-state index in [0.29, 0.717) is 29.4 Å². The molecule has 0 N–H and O–H groups in total. The number of hydrogen-bond donors (Lipinski definition) is 0. The summed E-state index contributed by atoms with van der Waals surface area (Å²) in [7, 11) is 8.34. The van der Waals surface area contributed by atoms with Crippen molar-refractivity contribution in [3.63, 3.8) is 0 Å². The first kappa shape index (κ1) is 22.4. The number of halogens is 1. The molecule has 0 saturated carbocycles. The van der Waals surface area contributed by atoms with Crippen molar-refractivity contribution in [2.24, 2.45) is 0 Å². The van der Waals surface area contributed by atoms with Crippen molar-refractivity contribution < 1.29 is 23.7 Å². The third kappa shape index (κ3) is 5.15. The summed E-state index contributed by atoms with van der Waals surface area (Å²) in [6.07, 6.45) is 1.62. The molecule has 0 saturated heterocycles. The third-order valence-corrected chi connectivity index (χ3v) is 4.48. The fraction of sp³-hybridized carbons (Fsp3) is 0.318. The van der Waals surface area contributed by atoms with Crippen LogP contribution in [0.15, 0.2) is 35.4 Å². The zero-order valence-corrected chi connectivity index (χ0v) is 18.3. The molecule has 0 radical (unpaired) electrons. The molecule has 0 fully saturated rings. The van der Waals surface area contributed by atoms with Crippen LogP contribution in [-0.2, 0) is 0 Å². The van der Waals surface area contributed by atoms with Gasteiger partial charge in [-0.1, -0.05) is 17.7 Å². The summed E-state index contributed by atoms with van der Waals surface area (Å²) in [5, 5.41) is 0.0631. The molecule has 0 aromatic heterocycles. The van der Waals surface area contributed by atoms with Gasteiger partial charge in [-0.15, -0.1) is 0 Å². The summed E-state index contributed by atoms with van der Waals surface area (Å²) in [6.45, 7) is 2.50. The Morgan fingerprint density at radius 2 is 1.62 bits per heavy atom. The number of nitrogens with zero attached hydrogens (tertiary/aromatic N) is 1. The number of Topliss-reactive ketones (excluding diaryl/α,β-unsaturated/α-hetero) is 1. The lowest BCUT2D eigenvalue weighted by molar-refractivity contribution is 0.104. The number of allylic oxidation sites excluding steroid dienone is 1. The van der Waals surface area contributed by atoms with Gasteiger partial charge in [-0.3, -0.25) is 4.79 Å². The van der Waals surface area contributed by atoms with Crippen LogP contribution in [0, 0.1) is 0 Å². The minimum absolute atomic E-state index is 0.0631. The summed E-state index contributed by atoms with van der Waals surface area (Å²) in [4.78, 5) is 14.8. The largest absolute Gasteiger partial charge is 0.493 e. The zero-order chi connectivity index (χ0) is 21.6. The van der Waals surface area contributed by atoms with Crippen molar-refractivity contribution in [1.82, 2.24) is 0 Å². The Morgan fingerprint density at radius 3 is 2.10 bits per heavy atom. The van der Waals surface area contributed by atoms with Crippen LogP contribution >= 0.6 is 11.6 Å². The lowest BCUT2D eigenvalue weighted by atomic mass is 10.1. The molecule has 0 amide bonds. The van der Waals surface area contributed by atoms with Crippen molar-refractivity contribution in [1.29, 1.82) is 0 Å². The van der Waals surface area contributed by atoms with Crippen LogP contribution in [0.5, 0.6) is 23.0 Å². The van der Waals surface area contributed by atoms with E-state index >= 15 is 0 Å². The molecule has 29 heavy (non-hydrogen) atoms. The molecule has 0 atom stereocenters. The van der Waals surface area contributed by atoms with Gasteiger partial charge >= 0.3 is 0 Å². The highest BCUT2D eigenvalue weighted by Crippen LogP contribution is 2.39. The Kier molecular flexibility index (Phi) is 7.79. The first-order valence-electron chi connectivity index (χ1n) is 9.02. The van der Waals surface area contributed by atoms with E-state index in [0.717, 1.165) is 17.0 Å². The predicted molar refractivity (Wildman–Crippen MR) is 116 cm³/mol. The molecule has 2 rings (SSSR count). The van der Waals surface area contributed by atoms with Gasteiger partial charge in [-0.25, -0.2) is 0 Å². The van der Waals surface area contributed by atoms with E-state index in [9.17, 15) is 4.79 Å². The first-order valence-corrected chi connectivity index (χ1v) is 9.40. The van der Waals surface area contributed by atoms with Gasteiger partial charge < -0.3 is 23.8 Å². The fourth-order valence-corrected chi connectivity index (χ4v) is 3.05. The molecule has 0 spiro atoms. The van der Waals surface area contributed by atoms with Crippen LogP contribution in [0.1, 0.15) is 22.8 Å². The fourth-order valence-electron chi connectivity index (χ4n) is 2.81. The average molecular weight is 420 g/mol. The van der Waals surface area contributed by atoms with Gasteiger partial charge in [-0.2, -0.15) is 0 Å². The van der Waals surface area contributed by atoms with Crippen molar-refractivity contribution in [2.75, 3.05) is 46.9 Å². The van der Waals surface area contributed by atoms with Crippen LogP contribution in [0.3, 0.4) is 0 Å². The van der Waals surface area contributed by atoms with Crippen molar-refractivity contribution in [3.8, 4) is 23.0 Å². The molecule has 0 heterocycles. The van der Waals surface area contributed by atoms with Gasteiger partial charge in [-0.05, 0) is 42.8 Å². The maximum absolute atomic E-state index is 12.9. The van der Waals surface area contributed by atoms with Gasteiger partial charge in [0.25, 0.3) is 0 Å². The highest BCUT2D eigenvalue weighted by atomic mass is 35.5. The van der Waals surface area contributed by atoms with Gasteiger partial charge in [0.2, 0.25) is 11.5 Å². The SMILES string of the molecule is CCOc1ccc(C=C(Cl)C(=O)c2cc(OC)c(OC)c(OC)c2)cc1N(C)C. The monoisotopic (exact) mass is 419 g/mol. The predicted octanol–water partition coefficient (Wildman–Crippen LogP) is 4.64. The molecule has 0 aliphatic carbocycles. The number of carbonyl (C=O) groups excluding carboxylic acids is 1. The highest BCUT2D eigenvalue weighted by Gasteiger charge is 2.19. The molecule has 0 unspecified atom stereocenters. The number of carbonyl (C=O) groups is 1. The molecule has 2 aromatic carbocycles. The lowest BCUT2D eigenvalue weighted by Gasteiger charge is -2.18. The second-order valence-electron chi connectivity index (χ2n) is 6.29. The van der Waals surface area contributed by atoms with E-state index in [1.165, 1.54) is 21.3 Å². The second kappa shape index (κ2) is 10.1. The van der Waals surface area contributed by atoms with E-state index in [-0.39, 0.29) is 10.8 Å². The molecule has 0 aliphatic rings. The number of hydrogen-bond acceptors (Lipinski definition) is 6. The Morgan fingerprint density at radius 1 is 1.00 bits per heavy atom. The lowest BCUT2D eigenvalue weighted by Crippen LogP contribution is -2.11. The second-order valence-corrected chi connectivity index (χ2v) is 6.70. The van der Waals surface area contributed by atoms with E-state index in [4.69, 9.17) is 30.5 Å². The molecule has 7 heteroatoms. The molecular formula is C22H26ClNO5. The number of benzene rings is 2. The zero-order valence-electron chi connectivity index (χ0n) is 17.5. The number of ether oxygens (including phenoxy) is 4. The third-order valence-electron chi connectivity index (χ3n) is 4.20. The number of ketones is 1. The molecule has 0 aliphatic heterocycles. The Hall–Kier alpha value is -2.86. The molecule has 2 aromatic rings. The number of anilines is 1. The van der Waals surface area contributed by atoms with Crippen molar-refractivity contribution >= 4 is 29.1 Å². The van der Waals surface area contributed by atoms with Gasteiger partial charge in [0, 0.05) is 19.7 Å². The van der Waals surface area contributed by atoms with Crippen LogP contribution in [-0.4, -0.2) is 47.8 Å². The number of rotatable bonds is 9. The topological polar surface area (TPSA) is 57.2 Å². The van der Waals surface area contributed by atoms with Crippen LogP contribution < -0.4 is 23.8 Å². The van der Waals surface area contributed by atoms with Gasteiger partial charge in [0.15, 0.2) is 11.5 Å². The van der Waals surface area contributed by atoms with Gasteiger partial charge in [0.05, 0.1) is 38.7 Å². The summed E-state index contributed by atoms with van der Waals surface area (Å²) in [6, 6.07) is 8.77. The van der Waals surface area contributed by atoms with Crippen LogP contribution in [0.2, 0.25) is 0 Å². The first-order chi connectivity index (χ1) is 13.9. The average Bonchev–Trinajstić information content (AvgIpc) is 2.72. The summed E-state index contributed by atoms with van der Waals surface area (Å²) in [5.74, 6) is 1.59. The Labute approximate surface area is 176 Å². The van der Waals surface area contributed by atoms with Crippen molar-refractivity contribution in [2.45, 2.75) is 6.92 Å². The van der Waals surface area contributed by atoms with E-state index < -0.39 is 0 Å². The van der Waals surface area contributed by atoms with Crippen LogP contribution in [0.25, 0.3) is 6.08 Å². The summed E-state index contributed by atoms with van der Waals surface area (Å²) < 4.78 is 21.5. The van der Waals surface area contributed by atoms with E-state index in [2.05, 4.69) is 0 Å². The molecule has 156 valence electrons.